The van der Waals surface area contributed by atoms with Gasteiger partial charge in [-0.3, -0.25) is 0 Å². The highest BCUT2D eigenvalue weighted by Crippen LogP contribution is 2.16. The summed E-state index contributed by atoms with van der Waals surface area (Å²) < 4.78 is 4.95. The molecular weight excluding hydrogens is 236 g/mol. The average molecular weight is 246 g/mol. The van der Waals surface area contributed by atoms with Gasteiger partial charge in [0.2, 0.25) is 5.82 Å². The summed E-state index contributed by atoms with van der Waals surface area (Å²) in [6.45, 7) is 0. The van der Waals surface area contributed by atoms with Crippen molar-refractivity contribution in [1.29, 1.82) is 0 Å². The lowest BCUT2D eigenvalue weighted by Gasteiger charge is -2.04. The normalized spacial score (nSPS) is 9.94. The van der Waals surface area contributed by atoms with Gasteiger partial charge in [0.1, 0.15) is 4.64 Å². The Morgan fingerprint density at radius 1 is 1.35 bits per heavy atom. The van der Waals surface area contributed by atoms with Crippen molar-refractivity contribution in [2.75, 3.05) is 7.11 Å². The van der Waals surface area contributed by atoms with Crippen LogP contribution in [-0.2, 0) is 4.74 Å². The number of methoxy groups -OCH3 is 1. The van der Waals surface area contributed by atoms with Crippen molar-refractivity contribution < 1.29 is 9.53 Å². The van der Waals surface area contributed by atoms with Gasteiger partial charge in [-0.15, -0.1) is 0 Å². The van der Waals surface area contributed by atoms with E-state index in [2.05, 4.69) is 14.7 Å². The van der Waals surface area contributed by atoms with E-state index in [1.165, 1.54) is 7.11 Å². The van der Waals surface area contributed by atoms with Gasteiger partial charge in [-0.2, -0.15) is 0 Å². The maximum absolute atomic E-state index is 11.4. The molecule has 0 bridgehead atoms. The molecule has 0 saturated carbocycles. The van der Waals surface area contributed by atoms with Crippen LogP contribution in [0.15, 0.2) is 36.4 Å². The standard InChI is InChI=1S/C12H10N2O2S/c1-16-12(15)11-13-9(7-10(17)14-11)8-5-3-2-4-6-8/h2-7H,1H3,(H,13,14,17). The fourth-order valence-electron chi connectivity index (χ4n) is 1.42. The summed E-state index contributed by atoms with van der Waals surface area (Å²) in [5, 5.41) is 0. The number of hydrogen-bond acceptors (Lipinski definition) is 4. The van der Waals surface area contributed by atoms with Crippen molar-refractivity contribution in [3.63, 3.8) is 0 Å². The molecule has 2 rings (SSSR count). The number of ether oxygens (including phenoxy) is 1. The number of carbonyl (C=O) groups is 1. The highest BCUT2D eigenvalue weighted by atomic mass is 32.1. The van der Waals surface area contributed by atoms with Crippen LogP contribution >= 0.6 is 12.2 Å². The highest BCUT2D eigenvalue weighted by Gasteiger charge is 2.09. The number of aromatic amines is 1. The molecule has 0 saturated heterocycles. The number of H-pyrrole nitrogens is 1. The predicted molar refractivity (Wildman–Crippen MR) is 66.2 cm³/mol. The van der Waals surface area contributed by atoms with E-state index in [4.69, 9.17) is 12.2 Å². The van der Waals surface area contributed by atoms with Crippen LogP contribution < -0.4 is 0 Å². The van der Waals surface area contributed by atoms with E-state index in [0.717, 1.165) is 11.3 Å². The van der Waals surface area contributed by atoms with Crippen molar-refractivity contribution in [2.45, 2.75) is 0 Å². The van der Waals surface area contributed by atoms with E-state index < -0.39 is 5.97 Å². The zero-order valence-electron chi connectivity index (χ0n) is 9.14. The summed E-state index contributed by atoms with van der Waals surface area (Å²) in [6.07, 6.45) is 0. The molecule has 1 aromatic heterocycles. The zero-order chi connectivity index (χ0) is 12.3. The third-order valence-electron chi connectivity index (χ3n) is 2.21. The van der Waals surface area contributed by atoms with Crippen LogP contribution in [0.4, 0.5) is 0 Å². The highest BCUT2D eigenvalue weighted by molar-refractivity contribution is 7.71. The minimum Gasteiger partial charge on any atom is -0.463 e. The van der Waals surface area contributed by atoms with E-state index in [1.54, 1.807) is 6.07 Å². The molecule has 0 aliphatic rings. The fraction of sp³-hybridized carbons (Fsp3) is 0.0833. The zero-order valence-corrected chi connectivity index (χ0v) is 9.95. The van der Waals surface area contributed by atoms with Crippen molar-refractivity contribution in [3.8, 4) is 11.3 Å². The molecule has 1 aromatic carbocycles. The van der Waals surface area contributed by atoms with Gasteiger partial charge in [-0.1, -0.05) is 42.5 Å². The summed E-state index contributed by atoms with van der Waals surface area (Å²) in [4.78, 5) is 18.2. The molecular formula is C12H10N2O2S. The van der Waals surface area contributed by atoms with Gasteiger partial charge < -0.3 is 9.72 Å². The molecule has 5 heteroatoms. The van der Waals surface area contributed by atoms with Crippen LogP contribution in [0.5, 0.6) is 0 Å². The van der Waals surface area contributed by atoms with Gasteiger partial charge in [-0.25, -0.2) is 9.78 Å². The van der Waals surface area contributed by atoms with E-state index in [0.29, 0.717) is 4.64 Å². The smallest absolute Gasteiger partial charge is 0.374 e. The van der Waals surface area contributed by atoms with Crippen LogP contribution in [-0.4, -0.2) is 23.0 Å². The van der Waals surface area contributed by atoms with Crippen LogP contribution in [0, 0.1) is 4.64 Å². The first-order chi connectivity index (χ1) is 8.20. The lowest BCUT2D eigenvalue weighted by molar-refractivity contribution is 0.0586. The van der Waals surface area contributed by atoms with Crippen LogP contribution in [0.1, 0.15) is 10.6 Å². The van der Waals surface area contributed by atoms with E-state index in [-0.39, 0.29) is 5.82 Å². The molecule has 0 radical (unpaired) electrons. The van der Waals surface area contributed by atoms with Crippen LogP contribution in [0.2, 0.25) is 0 Å². The van der Waals surface area contributed by atoms with Gasteiger partial charge in [0.05, 0.1) is 12.8 Å². The van der Waals surface area contributed by atoms with Crippen molar-refractivity contribution in [1.82, 2.24) is 9.97 Å². The van der Waals surface area contributed by atoms with Gasteiger partial charge in [-0.05, 0) is 11.6 Å². The van der Waals surface area contributed by atoms with E-state index >= 15 is 0 Å². The Kier molecular flexibility index (Phi) is 3.30. The maximum atomic E-state index is 11.4. The average Bonchev–Trinajstić information content (AvgIpc) is 2.38. The number of carbonyl (C=O) groups excluding carboxylic acids is 1. The van der Waals surface area contributed by atoms with E-state index in [9.17, 15) is 4.79 Å². The van der Waals surface area contributed by atoms with Gasteiger partial charge in [0.15, 0.2) is 0 Å². The van der Waals surface area contributed by atoms with Gasteiger partial charge in [0, 0.05) is 0 Å². The van der Waals surface area contributed by atoms with Gasteiger partial charge in [0.25, 0.3) is 0 Å². The molecule has 1 N–H and O–H groups in total. The third kappa shape index (κ3) is 2.57. The molecule has 0 amide bonds. The number of nitrogens with zero attached hydrogens (tertiary/aromatic N) is 1. The second kappa shape index (κ2) is 4.88. The first kappa shape index (κ1) is 11.5. The van der Waals surface area contributed by atoms with Crippen molar-refractivity contribution in [3.05, 3.63) is 46.9 Å². The van der Waals surface area contributed by atoms with Crippen molar-refractivity contribution >= 4 is 18.2 Å². The second-order valence-electron chi connectivity index (χ2n) is 3.34. The van der Waals surface area contributed by atoms with Crippen molar-refractivity contribution in [2.24, 2.45) is 0 Å². The predicted octanol–water partition coefficient (Wildman–Crippen LogP) is 2.59. The first-order valence-electron chi connectivity index (χ1n) is 4.96. The molecule has 17 heavy (non-hydrogen) atoms. The molecule has 0 unspecified atom stereocenters. The summed E-state index contributed by atoms with van der Waals surface area (Å²) in [7, 11) is 1.30. The second-order valence-corrected chi connectivity index (χ2v) is 3.76. The Labute approximate surface area is 103 Å². The minimum absolute atomic E-state index is 0.110. The number of benzene rings is 1. The summed E-state index contributed by atoms with van der Waals surface area (Å²) in [5.41, 5.74) is 1.68. The van der Waals surface area contributed by atoms with Crippen LogP contribution in [0.3, 0.4) is 0 Å². The Bertz CT molecular complexity index is 593. The lowest BCUT2D eigenvalue weighted by atomic mass is 10.1. The van der Waals surface area contributed by atoms with E-state index in [1.807, 2.05) is 30.3 Å². The number of hydrogen-bond donors (Lipinski definition) is 1. The number of esters is 1. The Morgan fingerprint density at radius 2 is 2.06 bits per heavy atom. The summed E-state index contributed by atoms with van der Waals surface area (Å²) >= 11 is 5.02. The molecule has 4 nitrogen and oxygen atoms in total. The SMILES string of the molecule is COC(=O)c1nc(=S)cc(-c2ccccc2)[nH]1. The first-order valence-corrected chi connectivity index (χ1v) is 5.36. The number of aromatic nitrogens is 2. The molecule has 0 aliphatic heterocycles. The molecule has 86 valence electrons. The third-order valence-corrected chi connectivity index (χ3v) is 2.42. The maximum Gasteiger partial charge on any atom is 0.374 e. The fourth-order valence-corrected chi connectivity index (χ4v) is 1.63. The van der Waals surface area contributed by atoms with Gasteiger partial charge >= 0.3 is 5.97 Å². The molecule has 0 atom stereocenters. The summed E-state index contributed by atoms with van der Waals surface area (Å²) in [5.74, 6) is -0.423. The Morgan fingerprint density at radius 3 is 2.71 bits per heavy atom. The quantitative estimate of drug-likeness (QED) is 0.653. The molecule has 0 spiro atoms. The summed E-state index contributed by atoms with van der Waals surface area (Å²) in [6, 6.07) is 11.3. The monoisotopic (exact) mass is 246 g/mol. The molecule has 0 aliphatic carbocycles. The Hall–Kier alpha value is -2.01. The largest absolute Gasteiger partial charge is 0.463 e. The molecule has 2 aromatic rings. The lowest BCUT2D eigenvalue weighted by Crippen LogP contribution is -2.08. The number of rotatable bonds is 2. The van der Waals surface area contributed by atoms with Crippen LogP contribution in [0.25, 0.3) is 11.3 Å². The molecule has 0 fully saturated rings. The Balaban J connectivity index is 2.53. The molecule has 1 heterocycles. The minimum atomic E-state index is -0.533. The number of nitrogens with one attached hydrogen (secondary N) is 1. The topological polar surface area (TPSA) is 55.0 Å².